The maximum Gasteiger partial charge on any atom is 0.415 e. The van der Waals surface area contributed by atoms with Crippen LogP contribution < -0.4 is 0 Å². The number of alkyl halides is 3. The molecule has 4 nitrogen and oxygen atoms in total. The largest absolute Gasteiger partial charge is 0.415 e. The fourth-order valence-electron chi connectivity index (χ4n) is 2.88. The predicted octanol–water partition coefficient (Wildman–Crippen LogP) is 1.57. The average Bonchev–Trinajstić information content (AvgIpc) is 3.04. The molecule has 2 saturated heterocycles. The number of aliphatic hydroxyl groups excluding tert-OH is 1. The maximum atomic E-state index is 12.5. The minimum atomic E-state index is -4.55. The number of nitrogens with zero attached hydrogens (tertiary/aromatic N) is 1. The maximum absolute atomic E-state index is 12.5. The minimum absolute atomic E-state index is 0.130. The number of halogens is 3. The fourth-order valence-corrected chi connectivity index (χ4v) is 2.88. The Hall–Kier alpha value is -0.370. The summed E-state index contributed by atoms with van der Waals surface area (Å²) >= 11 is 0. The van der Waals surface area contributed by atoms with E-state index in [1.165, 1.54) is 0 Å². The molecular formula is C13H22F3NO3. The summed E-state index contributed by atoms with van der Waals surface area (Å²) in [4.78, 5) is 1.67. The van der Waals surface area contributed by atoms with Gasteiger partial charge < -0.3 is 14.6 Å². The molecule has 0 aromatic rings. The Labute approximate surface area is 116 Å². The lowest BCUT2D eigenvalue weighted by Gasteiger charge is -2.29. The Morgan fingerprint density at radius 2 is 2.10 bits per heavy atom. The highest BCUT2D eigenvalue weighted by Crippen LogP contribution is 2.30. The van der Waals surface area contributed by atoms with Gasteiger partial charge in [-0.25, -0.2) is 0 Å². The Morgan fingerprint density at radius 1 is 1.30 bits per heavy atom. The van der Waals surface area contributed by atoms with Crippen LogP contribution in [0.4, 0.5) is 13.2 Å². The Morgan fingerprint density at radius 3 is 2.75 bits per heavy atom. The highest BCUT2D eigenvalue weighted by molar-refractivity contribution is 4.88. The zero-order chi connectivity index (χ0) is 14.6. The van der Waals surface area contributed by atoms with E-state index in [-0.39, 0.29) is 6.10 Å². The van der Waals surface area contributed by atoms with Crippen molar-refractivity contribution < 1.29 is 27.8 Å². The van der Waals surface area contributed by atoms with Gasteiger partial charge in [0.1, 0.15) is 0 Å². The van der Waals surface area contributed by atoms with Gasteiger partial charge >= 0.3 is 6.18 Å². The van der Waals surface area contributed by atoms with E-state index in [4.69, 9.17) is 9.47 Å². The van der Waals surface area contributed by atoms with Crippen LogP contribution in [0, 0.1) is 0 Å². The third-order valence-corrected chi connectivity index (χ3v) is 3.96. The number of likely N-dealkylation sites (tertiary alicyclic amines) is 1. The quantitative estimate of drug-likeness (QED) is 0.756. The van der Waals surface area contributed by atoms with Gasteiger partial charge in [0.25, 0.3) is 0 Å². The summed E-state index contributed by atoms with van der Waals surface area (Å²) in [5, 5.41) is 9.36. The summed E-state index contributed by atoms with van der Waals surface area (Å²) in [6, 6.07) is -0.832. The number of ether oxygens (including phenoxy) is 2. The van der Waals surface area contributed by atoms with Crippen LogP contribution in [0.15, 0.2) is 0 Å². The standard InChI is InChI=1S/C13H22F3NO3/c14-13(15,16)12(18)11-4-1-5-17(11)6-8-19-9-10-3-2-7-20-10/h10-12,18H,1-9H2/t10-,11-,12+/m0/s1. The van der Waals surface area contributed by atoms with Gasteiger partial charge in [-0.05, 0) is 32.2 Å². The van der Waals surface area contributed by atoms with Crippen LogP contribution in [0.1, 0.15) is 25.7 Å². The summed E-state index contributed by atoms with van der Waals surface area (Å²) in [5.74, 6) is 0. The van der Waals surface area contributed by atoms with Crippen molar-refractivity contribution in [1.82, 2.24) is 4.90 Å². The third kappa shape index (κ3) is 4.31. The zero-order valence-corrected chi connectivity index (χ0v) is 11.4. The van der Waals surface area contributed by atoms with E-state index in [1.807, 2.05) is 0 Å². The average molecular weight is 297 g/mol. The summed E-state index contributed by atoms with van der Waals surface area (Å²) in [6.45, 7) is 2.65. The molecule has 0 aliphatic carbocycles. The first-order valence-electron chi connectivity index (χ1n) is 7.16. The van der Waals surface area contributed by atoms with Crippen LogP contribution in [-0.4, -0.2) is 67.3 Å². The van der Waals surface area contributed by atoms with Gasteiger partial charge in [-0.2, -0.15) is 13.2 Å². The predicted molar refractivity (Wildman–Crippen MR) is 66.4 cm³/mol. The highest BCUT2D eigenvalue weighted by atomic mass is 19.4. The van der Waals surface area contributed by atoms with E-state index in [0.717, 1.165) is 19.4 Å². The van der Waals surface area contributed by atoms with Gasteiger partial charge in [0.15, 0.2) is 6.10 Å². The summed E-state index contributed by atoms with van der Waals surface area (Å²) < 4.78 is 48.5. The molecule has 0 unspecified atom stereocenters. The molecule has 2 aliphatic heterocycles. The van der Waals surface area contributed by atoms with Crippen LogP contribution >= 0.6 is 0 Å². The molecule has 20 heavy (non-hydrogen) atoms. The van der Waals surface area contributed by atoms with E-state index in [0.29, 0.717) is 39.1 Å². The fraction of sp³-hybridized carbons (Fsp3) is 1.00. The van der Waals surface area contributed by atoms with Crippen molar-refractivity contribution in [2.75, 3.05) is 32.9 Å². The third-order valence-electron chi connectivity index (χ3n) is 3.96. The monoisotopic (exact) mass is 297 g/mol. The first kappa shape index (κ1) is 16.0. The number of hydrogen-bond donors (Lipinski definition) is 1. The first-order chi connectivity index (χ1) is 9.48. The molecule has 1 N–H and O–H groups in total. The molecule has 118 valence electrons. The SMILES string of the molecule is O[C@H]([C@@H]1CCCN1CCOC[C@@H]1CCCO1)C(F)(F)F. The second-order valence-corrected chi connectivity index (χ2v) is 5.44. The van der Waals surface area contributed by atoms with Gasteiger partial charge in [0.2, 0.25) is 0 Å². The van der Waals surface area contributed by atoms with Crippen LogP contribution in [-0.2, 0) is 9.47 Å². The van der Waals surface area contributed by atoms with Crippen LogP contribution in [0.5, 0.6) is 0 Å². The summed E-state index contributed by atoms with van der Waals surface area (Å²) in [5.41, 5.74) is 0. The molecule has 2 heterocycles. The normalized spacial score (nSPS) is 30.0. The van der Waals surface area contributed by atoms with E-state index in [1.54, 1.807) is 4.90 Å². The van der Waals surface area contributed by atoms with Gasteiger partial charge in [-0.1, -0.05) is 0 Å². The van der Waals surface area contributed by atoms with Crippen molar-refractivity contribution in [2.45, 2.75) is 50.1 Å². The van der Waals surface area contributed by atoms with Crippen molar-refractivity contribution in [1.29, 1.82) is 0 Å². The Kier molecular flexibility index (Phi) is 5.65. The molecule has 2 rings (SSSR count). The van der Waals surface area contributed by atoms with Crippen molar-refractivity contribution in [3.63, 3.8) is 0 Å². The van der Waals surface area contributed by atoms with Crippen molar-refractivity contribution in [3.8, 4) is 0 Å². The minimum Gasteiger partial charge on any atom is -0.382 e. The molecule has 7 heteroatoms. The lowest BCUT2D eigenvalue weighted by atomic mass is 10.1. The zero-order valence-electron chi connectivity index (χ0n) is 11.4. The smallest absolute Gasteiger partial charge is 0.382 e. The molecular weight excluding hydrogens is 275 g/mol. The molecule has 2 fully saturated rings. The van der Waals surface area contributed by atoms with E-state index < -0.39 is 18.3 Å². The molecule has 0 saturated carbocycles. The molecule has 2 aliphatic rings. The molecule has 0 bridgehead atoms. The van der Waals surface area contributed by atoms with E-state index in [2.05, 4.69) is 0 Å². The molecule has 0 radical (unpaired) electrons. The Bertz CT molecular complexity index is 295. The molecule has 3 atom stereocenters. The highest BCUT2D eigenvalue weighted by Gasteiger charge is 2.46. The number of rotatable bonds is 6. The van der Waals surface area contributed by atoms with Crippen molar-refractivity contribution >= 4 is 0 Å². The first-order valence-corrected chi connectivity index (χ1v) is 7.16. The molecule has 0 spiro atoms. The number of hydrogen-bond acceptors (Lipinski definition) is 4. The van der Waals surface area contributed by atoms with Gasteiger partial charge in [-0.3, -0.25) is 4.90 Å². The lowest BCUT2D eigenvalue weighted by Crippen LogP contribution is -2.47. The van der Waals surface area contributed by atoms with Crippen molar-refractivity contribution in [2.24, 2.45) is 0 Å². The second-order valence-electron chi connectivity index (χ2n) is 5.44. The van der Waals surface area contributed by atoms with Crippen LogP contribution in [0.2, 0.25) is 0 Å². The van der Waals surface area contributed by atoms with Crippen LogP contribution in [0.3, 0.4) is 0 Å². The van der Waals surface area contributed by atoms with Crippen molar-refractivity contribution in [3.05, 3.63) is 0 Å². The van der Waals surface area contributed by atoms with Gasteiger partial charge in [0.05, 0.1) is 19.3 Å². The van der Waals surface area contributed by atoms with E-state index in [9.17, 15) is 18.3 Å². The molecule has 0 amide bonds. The van der Waals surface area contributed by atoms with Gasteiger partial charge in [-0.15, -0.1) is 0 Å². The van der Waals surface area contributed by atoms with E-state index >= 15 is 0 Å². The summed E-state index contributed by atoms with van der Waals surface area (Å²) in [6.07, 6.45) is -3.59. The Balaban J connectivity index is 1.68. The number of aliphatic hydroxyl groups is 1. The summed E-state index contributed by atoms with van der Waals surface area (Å²) in [7, 11) is 0. The van der Waals surface area contributed by atoms with Crippen LogP contribution in [0.25, 0.3) is 0 Å². The molecule has 0 aromatic heterocycles. The van der Waals surface area contributed by atoms with Gasteiger partial charge in [0, 0.05) is 19.2 Å². The topological polar surface area (TPSA) is 41.9 Å². The molecule has 0 aromatic carbocycles. The second kappa shape index (κ2) is 7.06. The lowest BCUT2D eigenvalue weighted by molar-refractivity contribution is -0.219.